The Kier molecular flexibility index (Phi) is 5.97. The molecule has 5 heteroatoms. The minimum atomic E-state index is 0.162. The number of likely N-dealkylation sites (tertiary alicyclic amines) is 1. The summed E-state index contributed by atoms with van der Waals surface area (Å²) < 4.78 is 8.02. The van der Waals surface area contributed by atoms with Gasteiger partial charge in [-0.2, -0.15) is 5.10 Å². The van der Waals surface area contributed by atoms with Crippen molar-refractivity contribution in [3.8, 4) is 0 Å². The zero-order chi connectivity index (χ0) is 17.9. The van der Waals surface area contributed by atoms with Gasteiger partial charge >= 0.3 is 0 Å². The number of hydrogen-bond acceptors (Lipinski definition) is 4. The standard InChI is InChI=1S/C21H36N4O/c1-16-5-3-6-19(13-16)25-10-8-18(9-11-25)23-20-7-4-12-26-21(20)17-14-22-24(2)15-17/h14-16,18-21,23H,3-13H2,1-2H3/t16-,19+,20-,21+/m0/s1. The van der Waals surface area contributed by atoms with Crippen molar-refractivity contribution in [2.75, 3.05) is 19.7 Å². The number of piperidine rings is 1. The van der Waals surface area contributed by atoms with Crippen LogP contribution in [0.25, 0.3) is 0 Å². The van der Waals surface area contributed by atoms with Crippen molar-refractivity contribution >= 4 is 0 Å². The molecular weight excluding hydrogens is 324 g/mol. The highest BCUT2D eigenvalue weighted by atomic mass is 16.5. The van der Waals surface area contributed by atoms with Crippen LogP contribution in [-0.2, 0) is 11.8 Å². The lowest BCUT2D eigenvalue weighted by Crippen LogP contribution is -2.51. The first-order valence-electron chi connectivity index (χ1n) is 10.8. The van der Waals surface area contributed by atoms with Crippen LogP contribution in [0.2, 0.25) is 0 Å². The van der Waals surface area contributed by atoms with Gasteiger partial charge < -0.3 is 15.0 Å². The number of aromatic nitrogens is 2. The Morgan fingerprint density at radius 2 is 1.96 bits per heavy atom. The molecule has 0 amide bonds. The lowest BCUT2D eigenvalue weighted by atomic mass is 9.85. The molecule has 0 spiro atoms. The zero-order valence-electron chi connectivity index (χ0n) is 16.6. The molecule has 1 aromatic heterocycles. The molecule has 0 bridgehead atoms. The van der Waals surface area contributed by atoms with Gasteiger partial charge in [-0.3, -0.25) is 4.68 Å². The Balaban J connectivity index is 1.30. The number of nitrogens with one attached hydrogen (secondary N) is 1. The molecule has 0 radical (unpaired) electrons. The van der Waals surface area contributed by atoms with E-state index in [9.17, 15) is 0 Å². The third-order valence-corrected chi connectivity index (χ3v) is 6.78. The van der Waals surface area contributed by atoms with E-state index in [-0.39, 0.29) is 6.10 Å². The summed E-state index contributed by atoms with van der Waals surface area (Å²) >= 11 is 0. The molecule has 5 nitrogen and oxygen atoms in total. The van der Waals surface area contributed by atoms with Crippen LogP contribution in [0.5, 0.6) is 0 Å². The minimum Gasteiger partial charge on any atom is -0.372 e. The number of nitrogens with zero attached hydrogens (tertiary/aromatic N) is 3. The first-order chi connectivity index (χ1) is 12.7. The maximum atomic E-state index is 6.13. The summed E-state index contributed by atoms with van der Waals surface area (Å²) in [5, 5.41) is 8.30. The minimum absolute atomic E-state index is 0.162. The van der Waals surface area contributed by atoms with Gasteiger partial charge in [0.15, 0.2) is 0 Å². The molecule has 26 heavy (non-hydrogen) atoms. The van der Waals surface area contributed by atoms with Gasteiger partial charge in [0.2, 0.25) is 0 Å². The maximum absolute atomic E-state index is 6.13. The summed E-state index contributed by atoms with van der Waals surface area (Å²) in [4.78, 5) is 2.78. The highest BCUT2D eigenvalue weighted by Crippen LogP contribution is 2.31. The predicted molar refractivity (Wildman–Crippen MR) is 104 cm³/mol. The van der Waals surface area contributed by atoms with Crippen molar-refractivity contribution < 1.29 is 4.74 Å². The Bertz CT molecular complexity index is 566. The van der Waals surface area contributed by atoms with E-state index in [0.29, 0.717) is 12.1 Å². The van der Waals surface area contributed by atoms with E-state index >= 15 is 0 Å². The number of hydrogen-bond donors (Lipinski definition) is 1. The molecule has 3 fully saturated rings. The van der Waals surface area contributed by atoms with E-state index in [1.54, 1.807) is 0 Å². The van der Waals surface area contributed by atoms with Crippen molar-refractivity contribution in [3.05, 3.63) is 18.0 Å². The molecule has 3 aliphatic rings. The number of aryl methyl sites for hydroxylation is 1. The molecule has 4 rings (SSSR count). The van der Waals surface area contributed by atoms with Gasteiger partial charge in [-0.15, -0.1) is 0 Å². The molecule has 0 aromatic carbocycles. The van der Waals surface area contributed by atoms with Crippen LogP contribution < -0.4 is 5.32 Å². The van der Waals surface area contributed by atoms with Crippen molar-refractivity contribution in [3.63, 3.8) is 0 Å². The van der Waals surface area contributed by atoms with Crippen LogP contribution in [0.3, 0.4) is 0 Å². The van der Waals surface area contributed by atoms with Crippen LogP contribution in [-0.4, -0.2) is 52.5 Å². The van der Waals surface area contributed by atoms with Gasteiger partial charge in [-0.25, -0.2) is 0 Å². The van der Waals surface area contributed by atoms with E-state index in [4.69, 9.17) is 4.74 Å². The van der Waals surface area contributed by atoms with Gasteiger partial charge in [0.05, 0.1) is 6.20 Å². The fraction of sp³-hybridized carbons (Fsp3) is 0.857. The summed E-state index contributed by atoms with van der Waals surface area (Å²) in [6.45, 7) is 5.83. The lowest BCUT2D eigenvalue weighted by Gasteiger charge is -2.42. The van der Waals surface area contributed by atoms with Gasteiger partial charge in [0, 0.05) is 43.5 Å². The Labute approximate surface area is 158 Å². The van der Waals surface area contributed by atoms with Crippen LogP contribution in [0.1, 0.15) is 70.0 Å². The molecule has 3 heterocycles. The number of ether oxygens (including phenoxy) is 1. The van der Waals surface area contributed by atoms with Crippen LogP contribution in [0.15, 0.2) is 12.4 Å². The molecule has 1 saturated carbocycles. The SMILES string of the molecule is C[C@H]1CCC[C@@H](N2CCC(N[C@H]3CCCO[C@@H]3c3cnn(C)c3)CC2)C1. The average Bonchev–Trinajstić information content (AvgIpc) is 3.09. The van der Waals surface area contributed by atoms with Crippen molar-refractivity contribution in [2.45, 2.75) is 82.5 Å². The fourth-order valence-corrected chi connectivity index (χ4v) is 5.34. The summed E-state index contributed by atoms with van der Waals surface area (Å²) in [6, 6.07) is 1.91. The van der Waals surface area contributed by atoms with Crippen LogP contribution in [0.4, 0.5) is 0 Å². The summed E-state index contributed by atoms with van der Waals surface area (Å²) in [5.74, 6) is 0.921. The van der Waals surface area contributed by atoms with Gasteiger partial charge in [0.25, 0.3) is 0 Å². The molecule has 0 unspecified atom stereocenters. The first-order valence-corrected chi connectivity index (χ1v) is 10.8. The second kappa shape index (κ2) is 8.41. The molecule has 146 valence electrons. The molecule has 1 aromatic rings. The lowest BCUT2D eigenvalue weighted by molar-refractivity contribution is -0.0173. The average molecular weight is 361 g/mol. The van der Waals surface area contributed by atoms with Gasteiger partial charge in [-0.05, 0) is 57.5 Å². The predicted octanol–water partition coefficient (Wildman–Crippen LogP) is 3.27. The molecule has 1 aliphatic carbocycles. The molecule has 4 atom stereocenters. The summed E-state index contributed by atoms with van der Waals surface area (Å²) in [5.41, 5.74) is 1.22. The normalized spacial score (nSPS) is 34.8. The molecule has 1 N–H and O–H groups in total. The van der Waals surface area contributed by atoms with E-state index in [0.717, 1.165) is 25.0 Å². The Morgan fingerprint density at radius 3 is 2.69 bits per heavy atom. The topological polar surface area (TPSA) is 42.3 Å². The maximum Gasteiger partial charge on any atom is 0.101 e. The monoisotopic (exact) mass is 360 g/mol. The summed E-state index contributed by atoms with van der Waals surface area (Å²) in [6.07, 6.45) is 14.9. The van der Waals surface area contributed by atoms with Crippen LogP contribution >= 0.6 is 0 Å². The van der Waals surface area contributed by atoms with Crippen LogP contribution in [0, 0.1) is 5.92 Å². The zero-order valence-corrected chi connectivity index (χ0v) is 16.6. The summed E-state index contributed by atoms with van der Waals surface area (Å²) in [7, 11) is 1.98. The van der Waals surface area contributed by atoms with E-state index < -0.39 is 0 Å². The van der Waals surface area contributed by atoms with Crippen molar-refractivity contribution in [1.82, 2.24) is 20.0 Å². The second-order valence-electron chi connectivity index (χ2n) is 8.89. The Hall–Kier alpha value is -0.910. The van der Waals surface area contributed by atoms with Gasteiger partial charge in [-0.1, -0.05) is 19.8 Å². The third kappa shape index (κ3) is 4.32. The molecule has 2 saturated heterocycles. The van der Waals surface area contributed by atoms with Gasteiger partial charge in [0.1, 0.15) is 6.10 Å². The van der Waals surface area contributed by atoms with E-state index in [2.05, 4.69) is 28.4 Å². The van der Waals surface area contributed by atoms with E-state index in [1.165, 1.54) is 63.6 Å². The third-order valence-electron chi connectivity index (χ3n) is 6.78. The first kappa shape index (κ1) is 18.5. The number of rotatable bonds is 4. The fourth-order valence-electron chi connectivity index (χ4n) is 5.34. The Morgan fingerprint density at radius 1 is 1.12 bits per heavy atom. The largest absolute Gasteiger partial charge is 0.372 e. The quantitative estimate of drug-likeness (QED) is 0.895. The highest BCUT2D eigenvalue weighted by molar-refractivity contribution is 5.12. The van der Waals surface area contributed by atoms with Crippen molar-refractivity contribution in [2.24, 2.45) is 13.0 Å². The highest BCUT2D eigenvalue weighted by Gasteiger charge is 2.33. The van der Waals surface area contributed by atoms with E-state index in [1.807, 2.05) is 17.9 Å². The molecule has 2 aliphatic heterocycles. The molecular formula is C21H36N4O. The smallest absolute Gasteiger partial charge is 0.101 e. The second-order valence-corrected chi connectivity index (χ2v) is 8.89. The van der Waals surface area contributed by atoms with Crippen molar-refractivity contribution in [1.29, 1.82) is 0 Å².